The van der Waals surface area contributed by atoms with Gasteiger partial charge in [-0.15, -0.1) is 0 Å². The van der Waals surface area contributed by atoms with Gasteiger partial charge in [0.1, 0.15) is 0 Å². The summed E-state index contributed by atoms with van der Waals surface area (Å²) in [5.74, 6) is -0.382. The van der Waals surface area contributed by atoms with E-state index in [0.29, 0.717) is 5.58 Å². The summed E-state index contributed by atoms with van der Waals surface area (Å²) < 4.78 is 4.98. The van der Waals surface area contributed by atoms with Crippen LogP contribution in [-0.2, 0) is 6.42 Å². The average molecular weight is 191 g/mol. The highest BCUT2D eigenvalue weighted by Crippen LogP contribution is 2.13. The van der Waals surface area contributed by atoms with Crippen LogP contribution in [0.2, 0.25) is 0 Å². The summed E-state index contributed by atoms with van der Waals surface area (Å²) in [6.07, 6.45) is 3.39. The second kappa shape index (κ2) is 3.70. The van der Waals surface area contributed by atoms with Gasteiger partial charge in [0.2, 0.25) is 0 Å². The molecule has 0 saturated carbocycles. The smallest absolute Gasteiger partial charge is 0.408 e. The molecule has 0 fully saturated rings. The summed E-state index contributed by atoms with van der Waals surface area (Å²) in [5, 5.41) is 0. The van der Waals surface area contributed by atoms with Crippen LogP contribution >= 0.6 is 0 Å². The summed E-state index contributed by atoms with van der Waals surface area (Å²) >= 11 is 0. The molecule has 0 atom stereocenters. The Balaban J connectivity index is 2.35. The molecule has 0 unspecified atom stereocenters. The molecule has 3 nitrogen and oxygen atoms in total. The molecule has 3 heteroatoms. The van der Waals surface area contributed by atoms with Gasteiger partial charge in [0.15, 0.2) is 5.58 Å². The highest BCUT2D eigenvalue weighted by atomic mass is 16.4. The number of fused-ring (bicyclic) bond motifs is 1. The number of rotatable bonds is 3. The molecule has 14 heavy (non-hydrogen) atoms. The Morgan fingerprint density at radius 2 is 2.29 bits per heavy atom. The minimum atomic E-state index is -0.382. The van der Waals surface area contributed by atoms with Crippen molar-refractivity contribution >= 4 is 11.1 Å². The third-order valence-electron chi connectivity index (χ3n) is 2.30. The lowest BCUT2D eigenvalue weighted by atomic mass is 10.1. The van der Waals surface area contributed by atoms with Gasteiger partial charge < -0.3 is 4.42 Å². The molecule has 0 aliphatic heterocycles. The third-order valence-corrected chi connectivity index (χ3v) is 2.30. The fourth-order valence-electron chi connectivity index (χ4n) is 1.53. The number of nitrogens with one attached hydrogen (secondary N) is 1. The molecule has 1 aromatic carbocycles. The fraction of sp³-hybridized carbons (Fsp3) is 0.364. The fourth-order valence-corrected chi connectivity index (χ4v) is 1.53. The first-order valence-electron chi connectivity index (χ1n) is 4.91. The zero-order valence-corrected chi connectivity index (χ0v) is 8.17. The van der Waals surface area contributed by atoms with Crippen LogP contribution in [0.4, 0.5) is 0 Å². The maximum atomic E-state index is 10.9. The highest BCUT2D eigenvalue weighted by Gasteiger charge is 2.01. The predicted molar refractivity (Wildman–Crippen MR) is 55.4 cm³/mol. The van der Waals surface area contributed by atoms with Gasteiger partial charge in [0, 0.05) is 0 Å². The monoisotopic (exact) mass is 191 g/mol. The number of unbranched alkanes of at least 4 members (excludes halogenated alkanes) is 1. The molecular weight excluding hydrogens is 178 g/mol. The number of hydrogen-bond acceptors (Lipinski definition) is 2. The third kappa shape index (κ3) is 1.71. The predicted octanol–water partition coefficient (Wildman–Crippen LogP) is 2.46. The van der Waals surface area contributed by atoms with Crippen LogP contribution in [0.25, 0.3) is 11.1 Å². The first kappa shape index (κ1) is 9.06. The van der Waals surface area contributed by atoms with Crippen molar-refractivity contribution in [2.45, 2.75) is 26.2 Å². The highest BCUT2D eigenvalue weighted by molar-refractivity contribution is 5.72. The molecular formula is C11H13NO2. The number of oxazole rings is 1. The molecule has 0 saturated heterocycles. The summed E-state index contributed by atoms with van der Waals surface area (Å²) in [6.45, 7) is 2.16. The molecule has 74 valence electrons. The molecule has 1 aromatic heterocycles. The van der Waals surface area contributed by atoms with Crippen LogP contribution in [0.1, 0.15) is 25.3 Å². The van der Waals surface area contributed by atoms with Gasteiger partial charge in [-0.3, -0.25) is 4.98 Å². The normalized spacial score (nSPS) is 10.9. The lowest BCUT2D eigenvalue weighted by Crippen LogP contribution is -1.92. The summed E-state index contributed by atoms with van der Waals surface area (Å²) in [4.78, 5) is 13.5. The molecule has 0 aliphatic rings. The first-order valence-corrected chi connectivity index (χ1v) is 4.91. The van der Waals surface area contributed by atoms with Crippen molar-refractivity contribution in [3.8, 4) is 0 Å². The van der Waals surface area contributed by atoms with Crippen molar-refractivity contribution in [1.29, 1.82) is 0 Å². The molecule has 0 aliphatic carbocycles. The van der Waals surface area contributed by atoms with E-state index < -0.39 is 0 Å². The Morgan fingerprint density at radius 1 is 1.43 bits per heavy atom. The number of aryl methyl sites for hydroxylation is 1. The van der Waals surface area contributed by atoms with E-state index in [4.69, 9.17) is 4.42 Å². The van der Waals surface area contributed by atoms with Crippen LogP contribution in [-0.4, -0.2) is 4.98 Å². The van der Waals surface area contributed by atoms with Gasteiger partial charge in [-0.2, -0.15) is 0 Å². The van der Waals surface area contributed by atoms with Crippen molar-refractivity contribution in [3.05, 3.63) is 34.3 Å². The maximum Gasteiger partial charge on any atom is 0.417 e. The van der Waals surface area contributed by atoms with E-state index in [1.54, 1.807) is 0 Å². The molecule has 0 radical (unpaired) electrons. The van der Waals surface area contributed by atoms with E-state index >= 15 is 0 Å². The summed E-state index contributed by atoms with van der Waals surface area (Å²) in [7, 11) is 0. The van der Waals surface area contributed by atoms with Crippen LogP contribution in [0.15, 0.2) is 27.4 Å². The average Bonchev–Trinajstić information content (AvgIpc) is 2.54. The zero-order valence-electron chi connectivity index (χ0n) is 8.17. The molecule has 1 N–H and O–H groups in total. The standard InChI is InChI=1S/C11H13NO2/c1-2-3-4-8-5-6-9-10(7-8)14-11(13)12-9/h5-7H,2-4H2,1H3,(H,12,13). The minimum absolute atomic E-state index is 0.382. The van der Waals surface area contributed by atoms with Gasteiger partial charge in [-0.25, -0.2) is 4.79 Å². The Hall–Kier alpha value is -1.51. The van der Waals surface area contributed by atoms with E-state index in [2.05, 4.69) is 11.9 Å². The van der Waals surface area contributed by atoms with E-state index in [1.807, 2.05) is 18.2 Å². The van der Waals surface area contributed by atoms with Gasteiger partial charge in [-0.05, 0) is 30.5 Å². The lowest BCUT2D eigenvalue weighted by Gasteiger charge is -1.97. The number of aromatic amines is 1. The van der Waals surface area contributed by atoms with E-state index in [0.717, 1.165) is 11.9 Å². The molecule has 1 heterocycles. The topological polar surface area (TPSA) is 46.0 Å². The molecule has 0 amide bonds. The Morgan fingerprint density at radius 3 is 3.07 bits per heavy atom. The van der Waals surface area contributed by atoms with Crippen molar-refractivity contribution in [2.24, 2.45) is 0 Å². The molecule has 0 spiro atoms. The van der Waals surface area contributed by atoms with E-state index in [-0.39, 0.29) is 5.76 Å². The SMILES string of the molecule is CCCCc1ccc2[nH]c(=O)oc2c1. The van der Waals surface area contributed by atoms with Crippen LogP contribution < -0.4 is 5.76 Å². The molecule has 0 bridgehead atoms. The first-order chi connectivity index (χ1) is 6.79. The van der Waals surface area contributed by atoms with Gasteiger partial charge >= 0.3 is 5.76 Å². The second-order valence-electron chi connectivity index (χ2n) is 3.45. The summed E-state index contributed by atoms with van der Waals surface area (Å²) in [5.41, 5.74) is 2.65. The zero-order chi connectivity index (χ0) is 9.97. The van der Waals surface area contributed by atoms with Gasteiger partial charge in [0.25, 0.3) is 0 Å². The van der Waals surface area contributed by atoms with Crippen molar-refractivity contribution in [1.82, 2.24) is 4.98 Å². The molecule has 2 aromatic rings. The Labute approximate surface area is 81.7 Å². The largest absolute Gasteiger partial charge is 0.417 e. The number of benzene rings is 1. The van der Waals surface area contributed by atoms with Gasteiger partial charge in [0.05, 0.1) is 5.52 Å². The van der Waals surface area contributed by atoms with Crippen molar-refractivity contribution in [2.75, 3.05) is 0 Å². The number of aromatic nitrogens is 1. The van der Waals surface area contributed by atoms with Crippen molar-refractivity contribution in [3.63, 3.8) is 0 Å². The van der Waals surface area contributed by atoms with Crippen molar-refractivity contribution < 1.29 is 4.42 Å². The van der Waals surface area contributed by atoms with E-state index in [1.165, 1.54) is 18.4 Å². The van der Waals surface area contributed by atoms with E-state index in [9.17, 15) is 4.79 Å². The second-order valence-corrected chi connectivity index (χ2v) is 3.45. The maximum absolute atomic E-state index is 10.9. The van der Waals surface area contributed by atoms with Crippen LogP contribution in [0.5, 0.6) is 0 Å². The summed E-state index contributed by atoms with van der Waals surface area (Å²) in [6, 6.07) is 5.86. The lowest BCUT2D eigenvalue weighted by molar-refractivity contribution is 0.555. The number of hydrogen-bond donors (Lipinski definition) is 1. The van der Waals surface area contributed by atoms with Gasteiger partial charge in [-0.1, -0.05) is 19.4 Å². The Bertz CT molecular complexity index is 481. The van der Waals surface area contributed by atoms with Crippen LogP contribution in [0.3, 0.4) is 0 Å². The quantitative estimate of drug-likeness (QED) is 0.810. The molecule has 2 rings (SSSR count). The van der Waals surface area contributed by atoms with Crippen LogP contribution in [0, 0.1) is 0 Å². The Kier molecular flexibility index (Phi) is 2.39. The number of H-pyrrole nitrogens is 1. The minimum Gasteiger partial charge on any atom is -0.408 e.